The highest BCUT2D eigenvalue weighted by Gasteiger charge is 2.33. The van der Waals surface area contributed by atoms with Crippen molar-refractivity contribution in [2.45, 2.75) is 52.0 Å². The van der Waals surface area contributed by atoms with Gasteiger partial charge in [0.15, 0.2) is 0 Å². The number of nitrogens with zero attached hydrogens (tertiary/aromatic N) is 1. The molecule has 0 spiro atoms. The number of nitrogen functional groups attached to an aromatic ring is 1. The van der Waals surface area contributed by atoms with Crippen LogP contribution in [0, 0.1) is 5.41 Å². The maximum atomic E-state index is 11.8. The summed E-state index contributed by atoms with van der Waals surface area (Å²) in [6.45, 7) is 6.22. The topological polar surface area (TPSA) is 83.8 Å². The van der Waals surface area contributed by atoms with E-state index >= 15 is 0 Å². The third kappa shape index (κ3) is 3.24. The lowest BCUT2D eigenvalue weighted by Gasteiger charge is -2.35. The number of nitrogens with two attached hydrogens (primary N) is 1. The van der Waals surface area contributed by atoms with Crippen molar-refractivity contribution < 1.29 is 4.79 Å². The van der Waals surface area contributed by atoms with Gasteiger partial charge in [0.2, 0.25) is 5.91 Å². The maximum absolute atomic E-state index is 11.8. The van der Waals surface area contributed by atoms with Crippen LogP contribution in [-0.4, -0.2) is 22.1 Å². The number of anilines is 1. The average molecular weight is 250 g/mol. The Morgan fingerprint density at radius 1 is 1.56 bits per heavy atom. The molecule has 0 aromatic carbocycles. The summed E-state index contributed by atoms with van der Waals surface area (Å²) in [6.07, 6.45) is 2.49. The molecule has 1 amide bonds. The van der Waals surface area contributed by atoms with Crippen LogP contribution in [0.2, 0.25) is 0 Å². The molecular formula is C13H22N4O. The zero-order valence-electron chi connectivity index (χ0n) is 11.3. The van der Waals surface area contributed by atoms with E-state index in [1.54, 1.807) is 0 Å². The van der Waals surface area contributed by atoms with E-state index in [1.165, 1.54) is 0 Å². The molecule has 1 saturated carbocycles. The van der Waals surface area contributed by atoms with Crippen molar-refractivity contribution in [3.05, 3.63) is 11.8 Å². The molecule has 0 radical (unpaired) electrons. The monoisotopic (exact) mass is 250 g/mol. The van der Waals surface area contributed by atoms with E-state index in [4.69, 9.17) is 5.73 Å². The molecule has 1 aliphatic rings. The first-order chi connectivity index (χ1) is 8.33. The summed E-state index contributed by atoms with van der Waals surface area (Å²) < 4.78 is 0. The van der Waals surface area contributed by atoms with Gasteiger partial charge in [0.05, 0.1) is 5.69 Å². The van der Waals surface area contributed by atoms with Crippen molar-refractivity contribution in [1.82, 2.24) is 15.5 Å². The molecule has 1 heterocycles. The summed E-state index contributed by atoms with van der Waals surface area (Å²) in [5, 5.41) is 9.96. The minimum absolute atomic E-state index is 0.0455. The summed E-state index contributed by atoms with van der Waals surface area (Å²) in [7, 11) is 0. The molecule has 1 aromatic heterocycles. The molecule has 100 valence electrons. The average Bonchev–Trinajstić information content (AvgIpc) is 2.54. The first kappa shape index (κ1) is 12.9. The van der Waals surface area contributed by atoms with Crippen molar-refractivity contribution in [3.8, 4) is 0 Å². The van der Waals surface area contributed by atoms with Crippen LogP contribution >= 0.6 is 0 Å². The fourth-order valence-electron chi connectivity index (χ4n) is 2.30. The normalized spacial score (nSPS) is 23.5. The fraction of sp³-hybridized carbons (Fsp3) is 0.692. The highest BCUT2D eigenvalue weighted by atomic mass is 16.1. The zero-order valence-corrected chi connectivity index (χ0v) is 11.3. The van der Waals surface area contributed by atoms with Crippen LogP contribution in [-0.2, 0) is 4.79 Å². The number of H-pyrrole nitrogens is 1. The van der Waals surface area contributed by atoms with Crippen LogP contribution in [0.5, 0.6) is 0 Å². The third-order valence-corrected chi connectivity index (χ3v) is 3.23. The molecular weight excluding hydrogens is 228 g/mol. The molecule has 1 aromatic rings. The quantitative estimate of drug-likeness (QED) is 0.764. The van der Waals surface area contributed by atoms with Gasteiger partial charge >= 0.3 is 0 Å². The number of amides is 1. The molecule has 0 aliphatic heterocycles. The van der Waals surface area contributed by atoms with Crippen LogP contribution in [0.1, 0.15) is 51.6 Å². The van der Waals surface area contributed by atoms with Crippen LogP contribution in [0.4, 0.5) is 5.82 Å². The molecule has 0 bridgehead atoms. The van der Waals surface area contributed by atoms with Crippen molar-refractivity contribution in [3.63, 3.8) is 0 Å². The van der Waals surface area contributed by atoms with Crippen LogP contribution in [0.25, 0.3) is 0 Å². The zero-order chi connectivity index (χ0) is 13.3. The summed E-state index contributed by atoms with van der Waals surface area (Å²) >= 11 is 0. The van der Waals surface area contributed by atoms with E-state index in [9.17, 15) is 4.79 Å². The highest BCUT2D eigenvalue weighted by Crippen LogP contribution is 2.36. The van der Waals surface area contributed by atoms with Gasteiger partial charge in [0.1, 0.15) is 5.82 Å². The second-order valence-corrected chi connectivity index (χ2v) is 6.42. The number of hydrogen-bond donors (Lipinski definition) is 3. The smallest absolute Gasteiger partial charge is 0.220 e. The number of carbonyl (C=O) groups is 1. The minimum Gasteiger partial charge on any atom is -0.384 e. The number of nitrogens with one attached hydrogen (secondary N) is 2. The summed E-state index contributed by atoms with van der Waals surface area (Å²) in [4.78, 5) is 11.8. The van der Waals surface area contributed by atoms with Gasteiger partial charge < -0.3 is 11.1 Å². The second-order valence-electron chi connectivity index (χ2n) is 6.42. The highest BCUT2D eigenvalue weighted by molar-refractivity contribution is 5.77. The molecule has 1 fully saturated rings. The number of carbonyl (C=O) groups excluding carboxylic acids is 1. The van der Waals surface area contributed by atoms with Crippen molar-refractivity contribution in [2.24, 2.45) is 5.41 Å². The molecule has 0 unspecified atom stereocenters. The lowest BCUT2D eigenvalue weighted by Crippen LogP contribution is -2.44. The van der Waals surface area contributed by atoms with E-state index in [0.717, 1.165) is 18.5 Å². The van der Waals surface area contributed by atoms with Gasteiger partial charge in [-0.25, -0.2) is 0 Å². The SMILES string of the molecule is CC(C)(C)CC(=O)N[C@H]1C[C@@H](c2cc(N)[nH]n2)C1. The van der Waals surface area contributed by atoms with Gasteiger partial charge in [-0.3, -0.25) is 9.89 Å². The molecule has 1 aliphatic carbocycles. The lowest BCUT2D eigenvalue weighted by molar-refractivity contribution is -0.124. The van der Waals surface area contributed by atoms with Gasteiger partial charge in [-0.05, 0) is 18.3 Å². The lowest BCUT2D eigenvalue weighted by atomic mass is 9.78. The Morgan fingerprint density at radius 2 is 2.22 bits per heavy atom. The van der Waals surface area contributed by atoms with Crippen molar-refractivity contribution >= 4 is 11.7 Å². The molecule has 5 heteroatoms. The molecule has 0 atom stereocenters. The van der Waals surface area contributed by atoms with Crippen LogP contribution < -0.4 is 11.1 Å². The van der Waals surface area contributed by atoms with Crippen molar-refractivity contribution in [2.75, 3.05) is 5.73 Å². The fourth-order valence-corrected chi connectivity index (χ4v) is 2.30. The van der Waals surface area contributed by atoms with Gasteiger partial charge in [-0.1, -0.05) is 20.8 Å². The van der Waals surface area contributed by atoms with Gasteiger partial charge in [-0.2, -0.15) is 5.10 Å². The predicted molar refractivity (Wildman–Crippen MR) is 71.0 cm³/mol. The Kier molecular flexibility index (Phi) is 3.32. The van der Waals surface area contributed by atoms with E-state index in [1.807, 2.05) is 6.07 Å². The van der Waals surface area contributed by atoms with Gasteiger partial charge in [0, 0.05) is 24.4 Å². The number of hydrogen-bond acceptors (Lipinski definition) is 3. The first-order valence-corrected chi connectivity index (χ1v) is 6.43. The number of aromatic nitrogens is 2. The van der Waals surface area contributed by atoms with E-state index in [0.29, 0.717) is 24.2 Å². The molecule has 18 heavy (non-hydrogen) atoms. The predicted octanol–water partition coefficient (Wildman–Crippen LogP) is 1.79. The Hall–Kier alpha value is -1.52. The van der Waals surface area contributed by atoms with E-state index in [2.05, 4.69) is 36.3 Å². The maximum Gasteiger partial charge on any atom is 0.220 e. The molecule has 4 N–H and O–H groups in total. The van der Waals surface area contributed by atoms with E-state index < -0.39 is 0 Å². The van der Waals surface area contributed by atoms with E-state index in [-0.39, 0.29) is 11.3 Å². The summed E-state index contributed by atoms with van der Waals surface area (Å²) in [6, 6.07) is 2.17. The Balaban J connectivity index is 1.75. The summed E-state index contributed by atoms with van der Waals surface area (Å²) in [5.41, 5.74) is 6.65. The Bertz CT molecular complexity index is 426. The summed E-state index contributed by atoms with van der Waals surface area (Å²) in [5.74, 6) is 1.18. The first-order valence-electron chi connectivity index (χ1n) is 6.43. The molecule has 5 nitrogen and oxygen atoms in total. The van der Waals surface area contributed by atoms with Gasteiger partial charge in [-0.15, -0.1) is 0 Å². The standard InChI is InChI=1S/C13H22N4O/c1-13(2,3)7-12(18)15-9-4-8(5-9)10-6-11(14)17-16-10/h6,8-9H,4-5,7H2,1-3H3,(H,15,18)(H3,14,16,17)/t8-,9+. The Labute approximate surface area is 108 Å². The number of aromatic amines is 1. The molecule has 2 rings (SSSR count). The van der Waals surface area contributed by atoms with Crippen molar-refractivity contribution in [1.29, 1.82) is 0 Å². The van der Waals surface area contributed by atoms with Crippen LogP contribution in [0.3, 0.4) is 0 Å². The van der Waals surface area contributed by atoms with Gasteiger partial charge in [0.25, 0.3) is 0 Å². The largest absolute Gasteiger partial charge is 0.384 e. The second kappa shape index (κ2) is 4.63. The molecule has 0 saturated heterocycles. The number of rotatable bonds is 3. The minimum atomic E-state index is 0.0455. The third-order valence-electron chi connectivity index (χ3n) is 3.23. The van der Waals surface area contributed by atoms with Crippen LogP contribution in [0.15, 0.2) is 6.07 Å². The Morgan fingerprint density at radius 3 is 2.72 bits per heavy atom.